The molecule has 0 amide bonds. The number of anilines is 1. The molecule has 1 aromatic heterocycles. The molecule has 1 unspecified atom stereocenters. The lowest BCUT2D eigenvalue weighted by Gasteiger charge is -2.18. The minimum atomic E-state index is -3.38. The van der Waals surface area contributed by atoms with Crippen molar-refractivity contribution in [1.82, 2.24) is 4.72 Å². The third kappa shape index (κ3) is 4.07. The lowest BCUT2D eigenvalue weighted by molar-refractivity contribution is 0.543. The zero-order chi connectivity index (χ0) is 16.4. The summed E-state index contributed by atoms with van der Waals surface area (Å²) in [6.45, 7) is 4.17. The second-order valence-corrected chi connectivity index (χ2v) is 9.51. The predicted molar refractivity (Wildman–Crippen MR) is 96.0 cm³/mol. The third-order valence-corrected chi connectivity index (χ3v) is 7.19. The Morgan fingerprint density at radius 3 is 2.65 bits per heavy atom. The van der Waals surface area contributed by atoms with Crippen molar-refractivity contribution in [2.75, 3.05) is 24.5 Å². The van der Waals surface area contributed by atoms with E-state index in [4.69, 9.17) is 11.6 Å². The fraction of sp³-hybridized carbons (Fsp3) is 0.375. The molecule has 4 nitrogen and oxygen atoms in total. The molecule has 2 heterocycles. The van der Waals surface area contributed by atoms with Crippen LogP contribution in [0, 0.1) is 12.8 Å². The Morgan fingerprint density at radius 2 is 2.00 bits per heavy atom. The number of nitrogens with zero attached hydrogens (tertiary/aromatic N) is 1. The van der Waals surface area contributed by atoms with Gasteiger partial charge in [0.1, 0.15) is 4.21 Å². The molecule has 1 aromatic carbocycles. The van der Waals surface area contributed by atoms with Gasteiger partial charge in [-0.25, -0.2) is 13.1 Å². The van der Waals surface area contributed by atoms with Gasteiger partial charge in [0.05, 0.1) is 0 Å². The van der Waals surface area contributed by atoms with Gasteiger partial charge in [-0.2, -0.15) is 0 Å². The maximum atomic E-state index is 12.3. The molecule has 23 heavy (non-hydrogen) atoms. The van der Waals surface area contributed by atoms with Crippen molar-refractivity contribution in [1.29, 1.82) is 0 Å². The zero-order valence-corrected chi connectivity index (χ0v) is 15.2. The molecule has 1 fully saturated rings. The molecule has 0 aliphatic carbocycles. The summed E-state index contributed by atoms with van der Waals surface area (Å²) >= 11 is 7.22. The van der Waals surface area contributed by atoms with Crippen LogP contribution in [0.5, 0.6) is 0 Å². The van der Waals surface area contributed by atoms with Gasteiger partial charge >= 0.3 is 0 Å². The monoisotopic (exact) mass is 370 g/mol. The number of sulfonamides is 1. The van der Waals surface area contributed by atoms with E-state index in [9.17, 15) is 8.42 Å². The molecule has 1 atom stereocenters. The van der Waals surface area contributed by atoms with E-state index in [1.165, 1.54) is 11.3 Å². The number of aryl methyl sites for hydroxylation is 1. The van der Waals surface area contributed by atoms with Crippen LogP contribution in [0.4, 0.5) is 5.69 Å². The van der Waals surface area contributed by atoms with E-state index >= 15 is 0 Å². The topological polar surface area (TPSA) is 49.4 Å². The number of thiophene rings is 1. The molecule has 3 rings (SSSR count). The van der Waals surface area contributed by atoms with Crippen molar-refractivity contribution < 1.29 is 8.42 Å². The molecule has 1 saturated heterocycles. The van der Waals surface area contributed by atoms with Crippen molar-refractivity contribution >= 4 is 38.6 Å². The Labute approximate surface area is 146 Å². The van der Waals surface area contributed by atoms with E-state index in [1.807, 2.05) is 37.3 Å². The Hall–Kier alpha value is -1.08. The molecule has 1 aliphatic rings. The highest BCUT2D eigenvalue weighted by Crippen LogP contribution is 2.26. The molecule has 1 aliphatic heterocycles. The molecule has 0 saturated carbocycles. The minimum absolute atomic E-state index is 0.321. The number of nitrogens with one attached hydrogen (secondary N) is 1. The maximum absolute atomic E-state index is 12.3. The lowest BCUT2D eigenvalue weighted by atomic mass is 10.1. The first-order chi connectivity index (χ1) is 10.9. The number of hydrogen-bond donors (Lipinski definition) is 1. The van der Waals surface area contributed by atoms with E-state index in [0.29, 0.717) is 16.7 Å². The summed E-state index contributed by atoms with van der Waals surface area (Å²) in [5.41, 5.74) is 1.13. The third-order valence-electron chi connectivity index (χ3n) is 4.02. The van der Waals surface area contributed by atoms with Crippen LogP contribution in [0.25, 0.3) is 0 Å². The quantitative estimate of drug-likeness (QED) is 0.876. The largest absolute Gasteiger partial charge is 0.371 e. The molecule has 7 heteroatoms. The predicted octanol–water partition coefficient (Wildman–Crippen LogP) is 3.51. The van der Waals surface area contributed by atoms with Crippen LogP contribution in [0.2, 0.25) is 5.02 Å². The Kier molecular flexibility index (Phi) is 4.96. The van der Waals surface area contributed by atoms with Crippen molar-refractivity contribution in [3.05, 3.63) is 46.3 Å². The lowest BCUT2D eigenvalue weighted by Crippen LogP contribution is -2.30. The first kappa shape index (κ1) is 16.8. The number of benzene rings is 1. The van der Waals surface area contributed by atoms with Gasteiger partial charge in [-0.15, -0.1) is 11.3 Å². The molecule has 0 radical (unpaired) electrons. The van der Waals surface area contributed by atoms with Crippen LogP contribution in [-0.2, 0) is 10.0 Å². The molecule has 2 aromatic rings. The first-order valence-corrected chi connectivity index (χ1v) is 10.2. The van der Waals surface area contributed by atoms with Crippen molar-refractivity contribution in [2.45, 2.75) is 17.6 Å². The van der Waals surface area contributed by atoms with Gasteiger partial charge < -0.3 is 4.90 Å². The first-order valence-electron chi connectivity index (χ1n) is 7.51. The standard InChI is InChI=1S/C16H19ClN2O2S2/c1-12-2-7-16(22-12)23(20,21)18-10-13-8-9-19(11-13)15-5-3-14(17)4-6-15/h2-7,13,18H,8-11H2,1H3. The minimum Gasteiger partial charge on any atom is -0.371 e. The van der Waals surface area contributed by atoms with E-state index in [1.54, 1.807) is 6.07 Å². The average molecular weight is 371 g/mol. The number of hydrogen-bond acceptors (Lipinski definition) is 4. The normalized spacial score (nSPS) is 18.5. The molecule has 1 N–H and O–H groups in total. The summed E-state index contributed by atoms with van der Waals surface area (Å²) < 4.78 is 27.7. The van der Waals surface area contributed by atoms with Gasteiger partial charge in [-0.1, -0.05) is 11.6 Å². The molecular formula is C16H19ClN2O2S2. The average Bonchev–Trinajstić information content (AvgIpc) is 3.15. The van der Waals surface area contributed by atoms with Crippen LogP contribution >= 0.6 is 22.9 Å². The highest BCUT2D eigenvalue weighted by Gasteiger charge is 2.25. The zero-order valence-electron chi connectivity index (χ0n) is 12.8. The summed E-state index contributed by atoms with van der Waals surface area (Å²) in [4.78, 5) is 3.27. The van der Waals surface area contributed by atoms with Gasteiger partial charge in [-0.05, 0) is 55.7 Å². The smallest absolute Gasteiger partial charge is 0.250 e. The second-order valence-electron chi connectivity index (χ2n) is 5.79. The molecule has 0 spiro atoms. The summed E-state index contributed by atoms with van der Waals surface area (Å²) in [6, 6.07) is 11.3. The maximum Gasteiger partial charge on any atom is 0.250 e. The van der Waals surface area contributed by atoms with Gasteiger partial charge in [0, 0.05) is 35.2 Å². The summed E-state index contributed by atoms with van der Waals surface area (Å²) in [6.07, 6.45) is 0.981. The van der Waals surface area contributed by atoms with E-state index < -0.39 is 10.0 Å². The van der Waals surface area contributed by atoms with Crippen molar-refractivity contribution in [3.63, 3.8) is 0 Å². The van der Waals surface area contributed by atoms with Gasteiger partial charge in [0.2, 0.25) is 10.0 Å². The van der Waals surface area contributed by atoms with Crippen LogP contribution in [0.1, 0.15) is 11.3 Å². The van der Waals surface area contributed by atoms with Crippen LogP contribution in [-0.4, -0.2) is 28.1 Å². The Morgan fingerprint density at radius 1 is 1.26 bits per heavy atom. The molecule has 124 valence electrons. The summed E-state index contributed by atoms with van der Waals surface area (Å²) in [7, 11) is -3.38. The molecule has 0 bridgehead atoms. The van der Waals surface area contributed by atoms with Crippen molar-refractivity contribution in [2.24, 2.45) is 5.92 Å². The second kappa shape index (κ2) is 6.81. The Balaban J connectivity index is 1.57. The Bertz CT molecular complexity index is 772. The molecular weight excluding hydrogens is 352 g/mol. The van der Waals surface area contributed by atoms with Crippen LogP contribution < -0.4 is 9.62 Å². The fourth-order valence-electron chi connectivity index (χ4n) is 2.74. The van der Waals surface area contributed by atoms with Gasteiger partial charge in [0.15, 0.2) is 0 Å². The van der Waals surface area contributed by atoms with Crippen molar-refractivity contribution in [3.8, 4) is 0 Å². The highest BCUT2D eigenvalue weighted by molar-refractivity contribution is 7.91. The summed E-state index contributed by atoms with van der Waals surface area (Å²) in [5, 5.41) is 0.725. The van der Waals surface area contributed by atoms with E-state index in [-0.39, 0.29) is 0 Å². The van der Waals surface area contributed by atoms with Gasteiger partial charge in [0.25, 0.3) is 0 Å². The van der Waals surface area contributed by atoms with Gasteiger partial charge in [-0.3, -0.25) is 0 Å². The van der Waals surface area contributed by atoms with E-state index in [2.05, 4.69) is 9.62 Å². The number of rotatable bonds is 5. The SMILES string of the molecule is Cc1ccc(S(=O)(=O)NCC2CCN(c3ccc(Cl)cc3)C2)s1. The van der Waals surface area contributed by atoms with Crippen LogP contribution in [0.15, 0.2) is 40.6 Å². The van der Waals surface area contributed by atoms with E-state index in [0.717, 1.165) is 35.1 Å². The van der Waals surface area contributed by atoms with Crippen LogP contribution in [0.3, 0.4) is 0 Å². The fourth-order valence-corrected chi connectivity index (χ4v) is 5.31. The highest BCUT2D eigenvalue weighted by atomic mass is 35.5. The summed E-state index contributed by atoms with van der Waals surface area (Å²) in [5.74, 6) is 0.321. The number of halogens is 1.